The van der Waals surface area contributed by atoms with E-state index in [4.69, 9.17) is 23.1 Å². The number of nitrogens with two attached hydrogens (primary N) is 2. The molecule has 0 saturated carbocycles. The largest absolute Gasteiger partial charge is 0.857 e. The number of aromatic nitrogens is 2. The van der Waals surface area contributed by atoms with Crippen LogP contribution >= 0.6 is 11.6 Å². The number of hydrogen-bond acceptors (Lipinski definition) is 6. The van der Waals surface area contributed by atoms with Gasteiger partial charge in [0.25, 0.3) is 0 Å². The van der Waals surface area contributed by atoms with Gasteiger partial charge in [-0.05, 0) is 0 Å². The van der Waals surface area contributed by atoms with Crippen LogP contribution in [0.1, 0.15) is 18.5 Å². The minimum Gasteiger partial charge on any atom is -0.857 e. The second-order valence-corrected chi connectivity index (χ2v) is 5.94. The first-order chi connectivity index (χ1) is 9.31. The smallest absolute Gasteiger partial charge is 0.172 e. The van der Waals surface area contributed by atoms with Gasteiger partial charge in [-0.3, -0.25) is 4.99 Å². The Labute approximate surface area is 122 Å². The van der Waals surface area contributed by atoms with Crippen molar-refractivity contribution in [1.29, 1.82) is 0 Å². The van der Waals surface area contributed by atoms with Crippen LogP contribution in [0.15, 0.2) is 4.99 Å². The van der Waals surface area contributed by atoms with Gasteiger partial charge in [0.1, 0.15) is 11.7 Å². The minimum absolute atomic E-state index is 0.00862. The molecule has 4 N–H and O–H groups in total. The van der Waals surface area contributed by atoms with E-state index in [2.05, 4.69) is 29.1 Å². The molecule has 110 valence electrons. The molecule has 1 aromatic heterocycles. The third-order valence-corrected chi connectivity index (χ3v) is 4.09. The molecule has 2 rings (SSSR count). The summed E-state index contributed by atoms with van der Waals surface area (Å²) in [5, 5.41) is 12.0. The lowest BCUT2D eigenvalue weighted by Gasteiger charge is -2.31. The van der Waals surface area contributed by atoms with E-state index in [0.717, 1.165) is 23.9 Å². The van der Waals surface area contributed by atoms with Crippen LogP contribution in [0.2, 0.25) is 5.15 Å². The third kappa shape index (κ3) is 2.94. The second kappa shape index (κ2) is 5.41. The first-order valence-electron chi connectivity index (χ1n) is 6.44. The van der Waals surface area contributed by atoms with E-state index in [1.165, 1.54) is 0 Å². The number of likely N-dealkylation sites (N-methyl/N-ethyl adjacent to an activating group) is 1. The third-order valence-electron chi connectivity index (χ3n) is 3.81. The normalized spacial score (nSPS) is 22.1. The van der Waals surface area contributed by atoms with Crippen molar-refractivity contribution in [1.82, 2.24) is 9.97 Å². The fourth-order valence-electron chi connectivity index (χ4n) is 2.44. The second-order valence-electron chi connectivity index (χ2n) is 5.58. The Morgan fingerprint density at radius 1 is 1.40 bits per heavy atom. The maximum absolute atomic E-state index is 12.0. The number of quaternary nitrogens is 1. The lowest BCUT2D eigenvalue weighted by molar-refractivity contribution is -0.900. The molecule has 1 fully saturated rings. The summed E-state index contributed by atoms with van der Waals surface area (Å²) in [5.41, 5.74) is 11.1. The van der Waals surface area contributed by atoms with Crippen molar-refractivity contribution in [2.75, 3.05) is 38.7 Å². The number of anilines is 2. The van der Waals surface area contributed by atoms with Gasteiger partial charge in [-0.1, -0.05) is 11.6 Å². The Bertz CT molecular complexity index is 545. The Morgan fingerprint density at radius 3 is 2.70 bits per heavy atom. The molecule has 0 amide bonds. The van der Waals surface area contributed by atoms with Crippen molar-refractivity contribution in [3.63, 3.8) is 0 Å². The van der Waals surface area contributed by atoms with Gasteiger partial charge in [-0.2, -0.15) is 0 Å². The standard InChI is InChI=1S/C12H19ClN6O/c1-19(2)5-3-4-7(19)6-16-12(20)8-10(14)18-11(15)9(13)17-8/h7H,3-6H2,1-2H3,(H4-,14,15,16,18,20)/t7-/m1/s1. The summed E-state index contributed by atoms with van der Waals surface area (Å²) in [6.07, 6.45) is 2.21. The molecular weight excluding hydrogens is 280 g/mol. The Kier molecular flexibility index (Phi) is 4.01. The highest BCUT2D eigenvalue weighted by molar-refractivity contribution is 6.31. The number of aliphatic imine (C=N–C) groups is 1. The van der Waals surface area contributed by atoms with E-state index in [1.807, 2.05) is 0 Å². The van der Waals surface area contributed by atoms with Gasteiger partial charge < -0.3 is 21.1 Å². The first-order valence-corrected chi connectivity index (χ1v) is 6.82. The molecule has 20 heavy (non-hydrogen) atoms. The number of halogens is 1. The minimum atomic E-state index is -0.496. The summed E-state index contributed by atoms with van der Waals surface area (Å²) < 4.78 is 0.875. The first kappa shape index (κ1) is 14.8. The Morgan fingerprint density at radius 2 is 2.10 bits per heavy atom. The van der Waals surface area contributed by atoms with E-state index < -0.39 is 5.90 Å². The molecule has 8 heteroatoms. The van der Waals surface area contributed by atoms with Crippen LogP contribution in [-0.2, 0) is 0 Å². The van der Waals surface area contributed by atoms with Gasteiger partial charge in [0.2, 0.25) is 0 Å². The fourth-order valence-corrected chi connectivity index (χ4v) is 2.57. The summed E-state index contributed by atoms with van der Waals surface area (Å²) in [6.45, 7) is 1.55. The van der Waals surface area contributed by atoms with E-state index >= 15 is 0 Å². The van der Waals surface area contributed by atoms with Gasteiger partial charge >= 0.3 is 0 Å². The van der Waals surface area contributed by atoms with Crippen LogP contribution < -0.4 is 16.6 Å². The van der Waals surface area contributed by atoms with Crippen molar-refractivity contribution >= 4 is 29.1 Å². The van der Waals surface area contributed by atoms with E-state index in [-0.39, 0.29) is 22.5 Å². The molecular formula is C12H19ClN6O. The van der Waals surface area contributed by atoms with E-state index in [1.54, 1.807) is 0 Å². The quantitative estimate of drug-likeness (QED) is 0.449. The molecule has 0 spiro atoms. The van der Waals surface area contributed by atoms with E-state index in [9.17, 15) is 5.11 Å². The average Bonchev–Trinajstić information content (AvgIpc) is 2.70. The zero-order valence-corrected chi connectivity index (χ0v) is 12.4. The maximum Gasteiger partial charge on any atom is 0.172 e. The zero-order valence-electron chi connectivity index (χ0n) is 11.6. The molecule has 1 aliphatic heterocycles. The molecule has 0 aromatic carbocycles. The molecule has 7 nitrogen and oxygen atoms in total. The lowest BCUT2D eigenvalue weighted by Crippen LogP contribution is -2.45. The zero-order chi connectivity index (χ0) is 14.9. The molecule has 1 saturated heterocycles. The van der Waals surface area contributed by atoms with Gasteiger partial charge in [-0.15, -0.1) is 0 Å². The Balaban J connectivity index is 2.17. The van der Waals surface area contributed by atoms with Crippen molar-refractivity contribution in [2.24, 2.45) is 4.99 Å². The van der Waals surface area contributed by atoms with Crippen molar-refractivity contribution in [2.45, 2.75) is 18.9 Å². The summed E-state index contributed by atoms with van der Waals surface area (Å²) in [5.74, 6) is -0.529. The SMILES string of the molecule is C[N+]1(C)CCC[C@@H]1CN=C([O-])c1nc(Cl)c(N)nc1N. The van der Waals surface area contributed by atoms with Crippen LogP contribution in [0, 0.1) is 0 Å². The highest BCUT2D eigenvalue weighted by Crippen LogP contribution is 2.22. The number of nitrogen functional groups attached to an aromatic ring is 2. The number of hydrogen-bond donors (Lipinski definition) is 2. The monoisotopic (exact) mass is 298 g/mol. The summed E-state index contributed by atoms with van der Waals surface area (Å²) in [7, 11) is 4.29. The molecule has 2 heterocycles. The number of rotatable bonds is 3. The van der Waals surface area contributed by atoms with Crippen LogP contribution in [-0.4, -0.2) is 53.6 Å². The lowest BCUT2D eigenvalue weighted by atomic mass is 10.2. The molecule has 1 atom stereocenters. The van der Waals surface area contributed by atoms with Crippen LogP contribution in [0.25, 0.3) is 0 Å². The van der Waals surface area contributed by atoms with Gasteiger partial charge in [0.05, 0.1) is 27.2 Å². The molecule has 0 bridgehead atoms. The molecule has 0 radical (unpaired) electrons. The van der Waals surface area contributed by atoms with Crippen LogP contribution in [0.5, 0.6) is 0 Å². The van der Waals surface area contributed by atoms with Gasteiger partial charge in [0, 0.05) is 18.7 Å². The maximum atomic E-state index is 12.0. The predicted molar refractivity (Wildman–Crippen MR) is 77.3 cm³/mol. The Hall–Kier alpha value is -1.60. The molecule has 0 unspecified atom stereocenters. The predicted octanol–water partition coefficient (Wildman–Crippen LogP) is -0.360. The highest BCUT2D eigenvalue weighted by atomic mass is 35.5. The average molecular weight is 299 g/mol. The highest BCUT2D eigenvalue weighted by Gasteiger charge is 2.33. The van der Waals surface area contributed by atoms with Crippen molar-refractivity contribution in [3.05, 3.63) is 10.8 Å². The summed E-state index contributed by atoms with van der Waals surface area (Å²) >= 11 is 5.75. The van der Waals surface area contributed by atoms with Gasteiger partial charge in [-0.25, -0.2) is 9.97 Å². The summed E-state index contributed by atoms with van der Waals surface area (Å²) in [6, 6.07) is 0.345. The van der Waals surface area contributed by atoms with Crippen LogP contribution in [0.3, 0.4) is 0 Å². The molecule has 1 aliphatic rings. The van der Waals surface area contributed by atoms with Crippen molar-refractivity contribution in [3.8, 4) is 0 Å². The summed E-state index contributed by atoms with van der Waals surface area (Å²) in [4.78, 5) is 11.7. The fraction of sp³-hybridized carbons (Fsp3) is 0.583. The number of nitrogens with zero attached hydrogens (tertiary/aromatic N) is 4. The van der Waals surface area contributed by atoms with Gasteiger partial charge in [0.15, 0.2) is 16.8 Å². The van der Waals surface area contributed by atoms with Crippen molar-refractivity contribution < 1.29 is 9.59 Å². The molecule has 1 aromatic rings. The van der Waals surface area contributed by atoms with E-state index in [0.29, 0.717) is 12.6 Å². The van der Waals surface area contributed by atoms with Crippen LogP contribution in [0.4, 0.5) is 11.6 Å². The molecule has 0 aliphatic carbocycles. The number of likely N-dealkylation sites (tertiary alicyclic amines) is 1. The topological polar surface area (TPSA) is 113 Å².